The van der Waals surface area contributed by atoms with Crippen LogP contribution in [0.4, 0.5) is 0 Å². The summed E-state index contributed by atoms with van der Waals surface area (Å²) in [5.74, 6) is 1.75. The van der Waals surface area contributed by atoms with Gasteiger partial charge in [-0.3, -0.25) is 4.90 Å². The molecular weight excluding hydrogens is 376 g/mol. The van der Waals surface area contributed by atoms with Gasteiger partial charge in [-0.25, -0.2) is 0 Å². The molecule has 2 heteroatoms. The molecule has 184 valence electrons. The minimum atomic E-state index is 0.307. The third-order valence-electron chi connectivity index (χ3n) is 9.53. The first-order chi connectivity index (χ1) is 14.1. The normalized spacial score (nSPS) is 23.3. The van der Waals surface area contributed by atoms with Crippen molar-refractivity contribution in [2.45, 2.75) is 133 Å². The van der Waals surface area contributed by atoms with Crippen molar-refractivity contribution in [3.8, 4) is 0 Å². The molecular formula is C29H58N2. The highest BCUT2D eigenvalue weighted by Crippen LogP contribution is 2.44. The summed E-state index contributed by atoms with van der Waals surface area (Å²) in [6.07, 6.45) is 9.44. The molecule has 2 saturated heterocycles. The molecule has 0 aromatic carbocycles. The van der Waals surface area contributed by atoms with E-state index >= 15 is 0 Å². The first-order valence-corrected chi connectivity index (χ1v) is 13.6. The second kappa shape index (κ2) is 10.0. The SMILES string of the molecule is CCC(C)(C)CC(C)N1CCC(C(C)(C)CC(C)(C)N2CCC(C(C)(C)C)CC2)CC1. The van der Waals surface area contributed by atoms with Crippen LogP contribution >= 0.6 is 0 Å². The average molecular weight is 435 g/mol. The monoisotopic (exact) mass is 434 g/mol. The summed E-state index contributed by atoms with van der Waals surface area (Å²) >= 11 is 0. The van der Waals surface area contributed by atoms with Crippen LogP contribution in [0.2, 0.25) is 0 Å². The molecule has 2 heterocycles. The van der Waals surface area contributed by atoms with Crippen molar-refractivity contribution in [3.63, 3.8) is 0 Å². The van der Waals surface area contributed by atoms with Gasteiger partial charge in [-0.2, -0.15) is 0 Å². The fourth-order valence-corrected chi connectivity index (χ4v) is 6.92. The van der Waals surface area contributed by atoms with E-state index in [1.54, 1.807) is 0 Å². The molecule has 0 aliphatic carbocycles. The van der Waals surface area contributed by atoms with Crippen molar-refractivity contribution in [2.75, 3.05) is 26.2 Å². The molecule has 0 radical (unpaired) electrons. The van der Waals surface area contributed by atoms with Gasteiger partial charge in [0.25, 0.3) is 0 Å². The Kier molecular flexibility index (Phi) is 8.80. The first kappa shape index (κ1) is 27.2. The third-order valence-corrected chi connectivity index (χ3v) is 9.53. The van der Waals surface area contributed by atoms with Crippen LogP contribution in [-0.2, 0) is 0 Å². The minimum absolute atomic E-state index is 0.307. The Hall–Kier alpha value is -0.0800. The number of piperidine rings is 2. The molecule has 2 aliphatic heterocycles. The summed E-state index contributed by atoms with van der Waals surface area (Å²) in [6, 6.07) is 0.722. The van der Waals surface area contributed by atoms with E-state index in [4.69, 9.17) is 0 Å². The van der Waals surface area contributed by atoms with Gasteiger partial charge in [0.15, 0.2) is 0 Å². The highest BCUT2D eigenvalue weighted by atomic mass is 15.2. The van der Waals surface area contributed by atoms with Crippen LogP contribution in [-0.4, -0.2) is 47.6 Å². The lowest BCUT2D eigenvalue weighted by atomic mass is 9.66. The van der Waals surface area contributed by atoms with Crippen molar-refractivity contribution in [1.29, 1.82) is 0 Å². The Morgan fingerprint density at radius 1 is 0.742 bits per heavy atom. The van der Waals surface area contributed by atoms with Crippen molar-refractivity contribution >= 4 is 0 Å². The molecule has 0 aromatic rings. The molecule has 0 aromatic heterocycles. The van der Waals surface area contributed by atoms with Crippen LogP contribution in [0.15, 0.2) is 0 Å². The summed E-state index contributed by atoms with van der Waals surface area (Å²) in [5.41, 5.74) is 1.66. The molecule has 2 nitrogen and oxygen atoms in total. The smallest absolute Gasteiger partial charge is 0.0158 e. The Bertz CT molecular complexity index is 538. The van der Waals surface area contributed by atoms with Gasteiger partial charge >= 0.3 is 0 Å². The van der Waals surface area contributed by atoms with E-state index in [0.29, 0.717) is 21.8 Å². The van der Waals surface area contributed by atoms with Gasteiger partial charge in [-0.1, -0.05) is 61.8 Å². The van der Waals surface area contributed by atoms with Gasteiger partial charge in [0.1, 0.15) is 0 Å². The molecule has 2 aliphatic rings. The number of nitrogens with zero attached hydrogens (tertiary/aromatic N) is 2. The number of rotatable bonds is 8. The standard InChI is InChI=1S/C29H58N2/c1-12-27(6,7)21-23(2)30-17-13-25(14-18-30)28(8,9)22-29(10,11)31-19-15-24(16-20-31)26(3,4)5/h23-25H,12-22H2,1-11H3. The minimum Gasteiger partial charge on any atom is -0.301 e. The predicted octanol–water partition coefficient (Wildman–Crippen LogP) is 7.87. The predicted molar refractivity (Wildman–Crippen MR) is 139 cm³/mol. The quantitative estimate of drug-likeness (QED) is 0.383. The lowest BCUT2D eigenvalue weighted by Gasteiger charge is -2.51. The maximum Gasteiger partial charge on any atom is 0.0158 e. The highest BCUT2D eigenvalue weighted by molar-refractivity contribution is 4.95. The summed E-state index contributed by atoms with van der Waals surface area (Å²) in [5, 5.41) is 0. The number of likely N-dealkylation sites (tertiary alicyclic amines) is 2. The molecule has 0 spiro atoms. The third kappa shape index (κ3) is 7.46. The van der Waals surface area contributed by atoms with Crippen LogP contribution in [0.25, 0.3) is 0 Å². The average Bonchev–Trinajstić information content (AvgIpc) is 2.66. The second-order valence-electron chi connectivity index (χ2n) is 14.5. The number of hydrogen-bond donors (Lipinski definition) is 0. The second-order valence-corrected chi connectivity index (χ2v) is 14.5. The fraction of sp³-hybridized carbons (Fsp3) is 1.00. The lowest BCUT2D eigenvalue weighted by Crippen LogP contribution is -2.52. The van der Waals surface area contributed by atoms with E-state index in [2.05, 4.69) is 86.0 Å². The maximum absolute atomic E-state index is 2.82. The Labute approximate surface area is 196 Å². The Morgan fingerprint density at radius 2 is 1.23 bits per heavy atom. The molecule has 0 amide bonds. The highest BCUT2D eigenvalue weighted by Gasteiger charge is 2.41. The van der Waals surface area contributed by atoms with Crippen LogP contribution < -0.4 is 0 Å². The molecule has 0 bridgehead atoms. The van der Waals surface area contributed by atoms with Gasteiger partial charge in [0.05, 0.1) is 0 Å². The first-order valence-electron chi connectivity index (χ1n) is 13.6. The Balaban J connectivity index is 1.88. The lowest BCUT2D eigenvalue weighted by molar-refractivity contribution is -0.00722. The zero-order chi connectivity index (χ0) is 23.7. The number of hydrogen-bond acceptors (Lipinski definition) is 2. The molecule has 31 heavy (non-hydrogen) atoms. The van der Waals surface area contributed by atoms with E-state index in [9.17, 15) is 0 Å². The fourth-order valence-electron chi connectivity index (χ4n) is 6.92. The van der Waals surface area contributed by atoms with Gasteiger partial charge < -0.3 is 4.90 Å². The summed E-state index contributed by atoms with van der Waals surface area (Å²) in [4.78, 5) is 5.60. The van der Waals surface area contributed by atoms with E-state index in [1.165, 1.54) is 71.1 Å². The van der Waals surface area contributed by atoms with Crippen LogP contribution in [0, 0.1) is 28.1 Å². The van der Waals surface area contributed by atoms with E-state index in [-0.39, 0.29) is 0 Å². The maximum atomic E-state index is 2.82. The van der Waals surface area contributed by atoms with Crippen molar-refractivity contribution in [1.82, 2.24) is 9.80 Å². The Morgan fingerprint density at radius 3 is 1.68 bits per heavy atom. The van der Waals surface area contributed by atoms with E-state index in [1.807, 2.05) is 0 Å². The largest absolute Gasteiger partial charge is 0.301 e. The van der Waals surface area contributed by atoms with E-state index in [0.717, 1.165) is 17.9 Å². The molecule has 0 saturated carbocycles. The van der Waals surface area contributed by atoms with Crippen LogP contribution in [0.5, 0.6) is 0 Å². The molecule has 1 unspecified atom stereocenters. The van der Waals surface area contributed by atoms with Gasteiger partial charge in [0.2, 0.25) is 0 Å². The van der Waals surface area contributed by atoms with Crippen molar-refractivity contribution < 1.29 is 0 Å². The zero-order valence-corrected chi connectivity index (χ0v) is 23.4. The molecule has 0 N–H and O–H groups in total. The van der Waals surface area contributed by atoms with Gasteiger partial charge in [0, 0.05) is 11.6 Å². The van der Waals surface area contributed by atoms with Crippen LogP contribution in [0.3, 0.4) is 0 Å². The topological polar surface area (TPSA) is 6.48 Å². The molecule has 1 atom stereocenters. The van der Waals surface area contributed by atoms with Gasteiger partial charge in [-0.05, 0) is 114 Å². The van der Waals surface area contributed by atoms with Crippen LogP contribution in [0.1, 0.15) is 121 Å². The van der Waals surface area contributed by atoms with Crippen molar-refractivity contribution in [2.24, 2.45) is 28.1 Å². The van der Waals surface area contributed by atoms with E-state index < -0.39 is 0 Å². The van der Waals surface area contributed by atoms with Crippen molar-refractivity contribution in [3.05, 3.63) is 0 Å². The summed E-state index contributed by atoms with van der Waals surface area (Å²) in [7, 11) is 0. The summed E-state index contributed by atoms with van der Waals surface area (Å²) in [6.45, 7) is 32.3. The zero-order valence-electron chi connectivity index (χ0n) is 23.4. The molecule has 2 fully saturated rings. The van der Waals surface area contributed by atoms with Gasteiger partial charge in [-0.15, -0.1) is 0 Å². The summed E-state index contributed by atoms with van der Waals surface area (Å²) < 4.78 is 0. The molecule has 2 rings (SSSR count).